The number of carbonyl (C=O) groups is 1. The summed E-state index contributed by atoms with van der Waals surface area (Å²) in [6.45, 7) is 4.01. The number of aromatic carboxylic acids is 1. The molecule has 0 fully saturated rings. The Kier molecular flexibility index (Phi) is 6.59. The van der Waals surface area contributed by atoms with Crippen LogP contribution in [-0.4, -0.2) is 38.8 Å². The van der Waals surface area contributed by atoms with Gasteiger partial charge in [0.05, 0.1) is 29.5 Å². The zero-order valence-electron chi connectivity index (χ0n) is 19.0. The Balaban J connectivity index is 1.54. The van der Waals surface area contributed by atoms with Gasteiger partial charge in [0.2, 0.25) is 5.95 Å². The third-order valence-corrected chi connectivity index (χ3v) is 5.61. The molecule has 0 aliphatic carbocycles. The van der Waals surface area contributed by atoms with Crippen molar-refractivity contribution in [3.05, 3.63) is 71.2 Å². The first-order valence-electron chi connectivity index (χ1n) is 10.8. The van der Waals surface area contributed by atoms with E-state index in [0.717, 1.165) is 0 Å². The topological polar surface area (TPSA) is 113 Å². The van der Waals surface area contributed by atoms with Gasteiger partial charge in [-0.3, -0.25) is 0 Å². The average molecular weight is 477 g/mol. The normalized spacial score (nSPS) is 10.8. The summed E-state index contributed by atoms with van der Waals surface area (Å²) in [5.41, 5.74) is 2.27. The molecule has 2 heterocycles. The maximum atomic E-state index is 14.6. The van der Waals surface area contributed by atoms with Crippen molar-refractivity contribution in [3.63, 3.8) is 0 Å². The van der Waals surface area contributed by atoms with E-state index in [2.05, 4.69) is 15.3 Å². The van der Waals surface area contributed by atoms with E-state index in [1.54, 1.807) is 38.1 Å². The average Bonchev–Trinajstić information content (AvgIpc) is 3.10. The molecule has 2 N–H and O–H groups in total. The lowest BCUT2D eigenvalue weighted by atomic mass is 10.1. The number of halogens is 2. The molecule has 35 heavy (non-hydrogen) atoms. The second kappa shape index (κ2) is 9.77. The summed E-state index contributed by atoms with van der Waals surface area (Å²) in [5.74, 6) is -2.38. The minimum atomic E-state index is -1.09. The number of ether oxygens (including phenoxy) is 1. The summed E-state index contributed by atoms with van der Waals surface area (Å²) < 4.78 is 35.9. The Morgan fingerprint density at radius 2 is 2.03 bits per heavy atom. The van der Waals surface area contributed by atoms with Gasteiger partial charge in [0, 0.05) is 30.1 Å². The van der Waals surface area contributed by atoms with Crippen LogP contribution in [0.4, 0.5) is 14.6 Å². The molecule has 0 atom stereocenters. The molecule has 8 nitrogen and oxygen atoms in total. The highest BCUT2D eigenvalue weighted by Crippen LogP contribution is 2.29. The Morgan fingerprint density at radius 3 is 2.74 bits per heavy atom. The predicted molar refractivity (Wildman–Crippen MR) is 125 cm³/mol. The number of nitrogens with zero attached hydrogens (tertiary/aromatic N) is 4. The lowest BCUT2D eigenvalue weighted by Crippen LogP contribution is -2.13. The van der Waals surface area contributed by atoms with Crippen molar-refractivity contribution in [2.45, 2.75) is 20.4 Å². The molecule has 0 spiro atoms. The number of anilines is 1. The smallest absolute Gasteiger partial charge is 0.339 e. The van der Waals surface area contributed by atoms with E-state index in [-0.39, 0.29) is 29.8 Å². The number of hydrogen-bond donors (Lipinski definition) is 2. The van der Waals surface area contributed by atoms with Gasteiger partial charge in [0.1, 0.15) is 23.5 Å². The predicted octanol–water partition coefficient (Wildman–Crippen LogP) is 4.77. The second-order valence-electron chi connectivity index (χ2n) is 7.66. The Morgan fingerprint density at radius 1 is 1.23 bits per heavy atom. The number of hydrogen-bond acceptors (Lipinski definition) is 6. The first kappa shape index (κ1) is 23.6. The van der Waals surface area contributed by atoms with Gasteiger partial charge in [-0.05, 0) is 43.7 Å². The molecule has 0 unspecified atom stereocenters. The fourth-order valence-electron chi connectivity index (χ4n) is 3.91. The Bertz CT molecular complexity index is 1480. The maximum Gasteiger partial charge on any atom is 0.339 e. The Hall–Kier alpha value is -4.52. The zero-order valence-corrected chi connectivity index (χ0v) is 19.0. The molecular weight excluding hydrogens is 456 g/mol. The maximum absolute atomic E-state index is 14.6. The molecular formula is C25H21F2N5O3. The summed E-state index contributed by atoms with van der Waals surface area (Å²) in [4.78, 5) is 19.8. The van der Waals surface area contributed by atoms with Gasteiger partial charge in [-0.1, -0.05) is 6.07 Å². The van der Waals surface area contributed by atoms with Crippen LogP contribution in [0.2, 0.25) is 0 Å². The summed E-state index contributed by atoms with van der Waals surface area (Å²) in [7, 11) is 0. The van der Waals surface area contributed by atoms with E-state index >= 15 is 0 Å². The van der Waals surface area contributed by atoms with Crippen LogP contribution in [0.25, 0.3) is 22.2 Å². The molecule has 0 saturated carbocycles. The lowest BCUT2D eigenvalue weighted by Gasteiger charge is -2.11. The molecule has 0 aliphatic heterocycles. The molecule has 178 valence electrons. The van der Waals surface area contributed by atoms with Crippen molar-refractivity contribution in [2.24, 2.45) is 0 Å². The highest BCUT2D eigenvalue weighted by Gasteiger charge is 2.20. The van der Waals surface area contributed by atoms with Crippen LogP contribution >= 0.6 is 0 Å². The summed E-state index contributed by atoms with van der Waals surface area (Å²) in [6, 6.07) is 11.4. The van der Waals surface area contributed by atoms with Gasteiger partial charge in [0.25, 0.3) is 0 Å². The van der Waals surface area contributed by atoms with E-state index in [0.29, 0.717) is 40.3 Å². The van der Waals surface area contributed by atoms with Gasteiger partial charge in [-0.2, -0.15) is 9.65 Å². The molecule has 0 radical (unpaired) electrons. The monoisotopic (exact) mass is 477 g/mol. The SMILES string of the molecule is CCOc1cc(-c2cc(NCCn3c(F)c(F)c4c(C)c(C#N)ccc43)ncn2)ccc1C(=O)O. The third kappa shape index (κ3) is 4.48. The van der Waals surface area contributed by atoms with Crippen molar-refractivity contribution in [3.8, 4) is 23.1 Å². The minimum absolute atomic E-state index is 0.0494. The highest BCUT2D eigenvalue weighted by atomic mass is 19.2. The molecule has 2 aromatic heterocycles. The molecule has 0 aliphatic rings. The third-order valence-electron chi connectivity index (χ3n) is 5.61. The number of aryl methyl sites for hydroxylation is 1. The fraction of sp³-hybridized carbons (Fsp3) is 0.200. The van der Waals surface area contributed by atoms with E-state index in [1.807, 2.05) is 6.07 Å². The lowest BCUT2D eigenvalue weighted by molar-refractivity contribution is 0.0692. The van der Waals surface area contributed by atoms with Crippen LogP contribution in [0.1, 0.15) is 28.4 Å². The zero-order chi connectivity index (χ0) is 25.1. The fourth-order valence-corrected chi connectivity index (χ4v) is 3.91. The summed E-state index contributed by atoms with van der Waals surface area (Å²) >= 11 is 0. The number of benzene rings is 2. The van der Waals surface area contributed by atoms with Gasteiger partial charge < -0.3 is 19.7 Å². The molecule has 4 aromatic rings. The van der Waals surface area contributed by atoms with Gasteiger partial charge in [-0.15, -0.1) is 0 Å². The van der Waals surface area contributed by atoms with Crippen LogP contribution in [0, 0.1) is 30.0 Å². The molecule has 0 amide bonds. The number of carboxylic acid groups (broad SMARTS) is 1. The first-order valence-corrected chi connectivity index (χ1v) is 10.8. The Labute approximate surface area is 199 Å². The first-order chi connectivity index (χ1) is 16.8. The molecule has 2 aromatic carbocycles. The molecule has 10 heteroatoms. The van der Waals surface area contributed by atoms with Gasteiger partial charge in [-0.25, -0.2) is 19.2 Å². The van der Waals surface area contributed by atoms with Crippen LogP contribution in [0.5, 0.6) is 5.75 Å². The van der Waals surface area contributed by atoms with Crippen LogP contribution in [0.15, 0.2) is 42.7 Å². The number of nitriles is 1. The number of carboxylic acids is 1. The quantitative estimate of drug-likeness (QED) is 0.376. The van der Waals surface area contributed by atoms with Crippen LogP contribution in [-0.2, 0) is 6.54 Å². The van der Waals surface area contributed by atoms with Crippen LogP contribution in [0.3, 0.4) is 0 Å². The van der Waals surface area contributed by atoms with Crippen LogP contribution < -0.4 is 10.1 Å². The van der Waals surface area contributed by atoms with Crippen molar-refractivity contribution >= 4 is 22.7 Å². The van der Waals surface area contributed by atoms with Gasteiger partial charge >= 0.3 is 5.97 Å². The summed E-state index contributed by atoms with van der Waals surface area (Å²) in [5, 5.41) is 21.7. The van der Waals surface area contributed by atoms with Crippen molar-refractivity contribution in [1.82, 2.24) is 14.5 Å². The van der Waals surface area contributed by atoms with Crippen molar-refractivity contribution in [2.75, 3.05) is 18.5 Å². The van der Waals surface area contributed by atoms with E-state index in [4.69, 9.17) is 10.00 Å². The van der Waals surface area contributed by atoms with E-state index in [1.165, 1.54) is 23.0 Å². The molecule has 0 saturated heterocycles. The molecule has 0 bridgehead atoms. The number of fused-ring (bicyclic) bond motifs is 1. The van der Waals surface area contributed by atoms with Gasteiger partial charge in [0.15, 0.2) is 5.82 Å². The van der Waals surface area contributed by atoms with E-state index in [9.17, 15) is 18.7 Å². The van der Waals surface area contributed by atoms with E-state index < -0.39 is 17.7 Å². The summed E-state index contributed by atoms with van der Waals surface area (Å²) in [6.07, 6.45) is 1.35. The minimum Gasteiger partial charge on any atom is -0.493 e. The van der Waals surface area contributed by atoms with Crippen molar-refractivity contribution < 1.29 is 23.4 Å². The van der Waals surface area contributed by atoms with Crippen molar-refractivity contribution in [1.29, 1.82) is 5.26 Å². The second-order valence-corrected chi connectivity index (χ2v) is 7.66. The largest absolute Gasteiger partial charge is 0.493 e. The number of rotatable bonds is 8. The number of nitrogens with one attached hydrogen (secondary N) is 1. The molecule has 4 rings (SSSR count). The highest BCUT2D eigenvalue weighted by molar-refractivity contribution is 5.92. The number of aromatic nitrogens is 3. The standard InChI is InChI=1S/C25H21F2N5O3/c1-3-35-20-10-15(4-6-17(20)25(33)34)18-11-21(31-13-30-18)29-8-9-32-19-7-5-16(12-28)14(2)22(19)23(26)24(32)27/h4-7,10-11,13H,3,8-9H2,1-2H3,(H,33,34)(H,29,30,31).